The zero-order chi connectivity index (χ0) is 6.69. The highest BCUT2D eigenvalue weighted by molar-refractivity contribution is 9.10. The Morgan fingerprint density at radius 2 is 2.44 bits per heavy atom. The Balaban J connectivity index is 3.20. The van der Waals surface area contributed by atoms with Crippen LogP contribution in [0.5, 0.6) is 0 Å². The first-order valence-electron chi connectivity index (χ1n) is 2.20. The normalized spacial score (nSPS) is 8.44. The minimum absolute atomic E-state index is 0.456. The molecule has 0 aliphatic heterocycles. The van der Waals surface area contributed by atoms with Gasteiger partial charge in [0.1, 0.15) is 22.6 Å². The van der Waals surface area contributed by atoms with E-state index < -0.39 is 0 Å². The molecule has 0 amide bonds. The van der Waals surface area contributed by atoms with Crippen LogP contribution in [0.1, 0.15) is 5.56 Å². The largest absolute Gasteiger partial charge is 0.243 e. The lowest BCUT2D eigenvalue weighted by Crippen LogP contribution is -1.82. The Hall–Kier alpha value is -0.950. The van der Waals surface area contributed by atoms with Crippen molar-refractivity contribution in [3.05, 3.63) is 22.7 Å². The first-order valence-corrected chi connectivity index (χ1v) is 2.99. The number of halogens is 1. The first kappa shape index (κ1) is 6.17. The summed E-state index contributed by atoms with van der Waals surface area (Å²) in [5.41, 5.74) is 0.456. The van der Waals surface area contributed by atoms with Crippen LogP contribution in [0.4, 0.5) is 0 Å². The van der Waals surface area contributed by atoms with Crippen molar-refractivity contribution in [2.24, 2.45) is 0 Å². The van der Waals surface area contributed by atoms with Crippen molar-refractivity contribution < 1.29 is 0 Å². The molecule has 0 radical (unpaired) electrons. The summed E-state index contributed by atoms with van der Waals surface area (Å²) in [6.07, 6.45) is 2.84. The molecule has 0 N–H and O–H groups in total. The van der Waals surface area contributed by atoms with Crippen molar-refractivity contribution in [3.8, 4) is 6.07 Å². The molecule has 3 nitrogen and oxygen atoms in total. The Morgan fingerprint density at radius 1 is 1.67 bits per heavy atom. The fourth-order valence-electron chi connectivity index (χ4n) is 0.390. The van der Waals surface area contributed by atoms with Crippen LogP contribution >= 0.6 is 15.9 Å². The second-order valence-corrected chi connectivity index (χ2v) is 2.09. The van der Waals surface area contributed by atoms with Gasteiger partial charge in [-0.05, 0) is 15.9 Å². The highest BCUT2D eigenvalue weighted by Crippen LogP contribution is 2.08. The summed E-state index contributed by atoms with van der Waals surface area (Å²) in [5, 5.41) is 8.36. The van der Waals surface area contributed by atoms with E-state index in [2.05, 4.69) is 25.9 Å². The molecule has 1 aromatic rings. The molecular weight excluding hydrogens is 182 g/mol. The predicted octanol–water partition coefficient (Wildman–Crippen LogP) is 1.11. The monoisotopic (exact) mass is 183 g/mol. The van der Waals surface area contributed by atoms with Crippen LogP contribution in [0.25, 0.3) is 0 Å². The maximum absolute atomic E-state index is 8.36. The zero-order valence-corrected chi connectivity index (χ0v) is 5.96. The van der Waals surface area contributed by atoms with Crippen LogP contribution in [-0.2, 0) is 0 Å². The van der Waals surface area contributed by atoms with Gasteiger partial charge in [-0.1, -0.05) is 0 Å². The topological polar surface area (TPSA) is 49.6 Å². The minimum Gasteiger partial charge on any atom is -0.243 e. The third-order valence-corrected chi connectivity index (χ3v) is 1.42. The van der Waals surface area contributed by atoms with E-state index in [0.717, 1.165) is 0 Å². The number of hydrogen-bond acceptors (Lipinski definition) is 3. The molecule has 9 heavy (non-hydrogen) atoms. The Bertz CT molecular complexity index is 253. The van der Waals surface area contributed by atoms with E-state index >= 15 is 0 Å². The van der Waals surface area contributed by atoms with E-state index in [1.54, 1.807) is 0 Å². The third-order valence-electron chi connectivity index (χ3n) is 0.784. The van der Waals surface area contributed by atoms with Crippen LogP contribution in [-0.4, -0.2) is 9.97 Å². The molecule has 0 aromatic carbocycles. The predicted molar refractivity (Wildman–Crippen MR) is 34.4 cm³/mol. The lowest BCUT2D eigenvalue weighted by atomic mass is 10.4. The van der Waals surface area contributed by atoms with Gasteiger partial charge in [-0.15, -0.1) is 0 Å². The van der Waals surface area contributed by atoms with Gasteiger partial charge in [-0.2, -0.15) is 5.26 Å². The first-order chi connectivity index (χ1) is 4.34. The summed E-state index contributed by atoms with van der Waals surface area (Å²) in [7, 11) is 0. The van der Waals surface area contributed by atoms with Gasteiger partial charge in [0.15, 0.2) is 0 Å². The molecule has 0 spiro atoms. The SMILES string of the molecule is N#Cc1cncnc1Br. The molecule has 0 aliphatic rings. The van der Waals surface area contributed by atoms with E-state index in [1.165, 1.54) is 12.5 Å². The molecule has 0 saturated heterocycles. The van der Waals surface area contributed by atoms with Gasteiger partial charge in [0, 0.05) is 6.20 Å². The quantitative estimate of drug-likeness (QED) is 0.567. The average Bonchev–Trinajstić information content (AvgIpc) is 1.89. The van der Waals surface area contributed by atoms with Crippen molar-refractivity contribution in [2.75, 3.05) is 0 Å². The maximum atomic E-state index is 8.36. The number of aromatic nitrogens is 2. The van der Waals surface area contributed by atoms with Crippen LogP contribution in [0.2, 0.25) is 0 Å². The summed E-state index contributed by atoms with van der Waals surface area (Å²) >= 11 is 3.08. The smallest absolute Gasteiger partial charge is 0.127 e. The van der Waals surface area contributed by atoms with E-state index in [1.807, 2.05) is 6.07 Å². The maximum Gasteiger partial charge on any atom is 0.127 e. The zero-order valence-electron chi connectivity index (χ0n) is 4.37. The van der Waals surface area contributed by atoms with Crippen LogP contribution in [0.3, 0.4) is 0 Å². The van der Waals surface area contributed by atoms with Gasteiger partial charge in [0.2, 0.25) is 0 Å². The lowest BCUT2D eigenvalue weighted by molar-refractivity contribution is 1.12. The summed E-state index contributed by atoms with van der Waals surface area (Å²) in [4.78, 5) is 7.39. The van der Waals surface area contributed by atoms with Gasteiger partial charge in [0.25, 0.3) is 0 Å². The van der Waals surface area contributed by atoms with Crippen molar-refractivity contribution >= 4 is 15.9 Å². The molecule has 0 aliphatic carbocycles. The number of rotatable bonds is 0. The van der Waals surface area contributed by atoms with E-state index in [9.17, 15) is 0 Å². The standard InChI is InChI=1S/C5H2BrN3/c6-5-4(1-7)2-8-3-9-5/h2-3H. The van der Waals surface area contributed by atoms with Crippen molar-refractivity contribution in [1.82, 2.24) is 9.97 Å². The number of nitriles is 1. The van der Waals surface area contributed by atoms with Crippen molar-refractivity contribution in [3.63, 3.8) is 0 Å². The molecule has 44 valence electrons. The molecule has 0 bridgehead atoms. The minimum atomic E-state index is 0.456. The molecule has 1 aromatic heterocycles. The highest BCUT2D eigenvalue weighted by Gasteiger charge is 1.95. The summed E-state index contributed by atoms with van der Waals surface area (Å²) in [6.45, 7) is 0. The second kappa shape index (κ2) is 2.55. The summed E-state index contributed by atoms with van der Waals surface area (Å²) in [6, 6.07) is 1.92. The Morgan fingerprint density at radius 3 is 2.89 bits per heavy atom. The molecule has 0 fully saturated rings. The fourth-order valence-corrected chi connectivity index (χ4v) is 0.672. The molecule has 1 heterocycles. The summed E-state index contributed by atoms with van der Waals surface area (Å²) in [5.74, 6) is 0. The average molecular weight is 184 g/mol. The van der Waals surface area contributed by atoms with Gasteiger partial charge in [0.05, 0.1) is 0 Å². The highest BCUT2D eigenvalue weighted by atomic mass is 79.9. The number of nitrogens with zero attached hydrogens (tertiary/aromatic N) is 3. The molecule has 0 unspecified atom stereocenters. The Labute approximate surface area is 60.5 Å². The molecule has 1 rings (SSSR count). The van der Waals surface area contributed by atoms with Crippen LogP contribution in [0.15, 0.2) is 17.1 Å². The molecular formula is C5H2BrN3. The van der Waals surface area contributed by atoms with E-state index in [0.29, 0.717) is 10.2 Å². The van der Waals surface area contributed by atoms with E-state index in [-0.39, 0.29) is 0 Å². The Kier molecular flexibility index (Phi) is 1.75. The number of hydrogen-bond donors (Lipinski definition) is 0. The second-order valence-electron chi connectivity index (χ2n) is 1.34. The molecule has 4 heteroatoms. The lowest BCUT2D eigenvalue weighted by Gasteiger charge is -1.87. The molecule has 0 atom stereocenters. The van der Waals surface area contributed by atoms with Gasteiger partial charge < -0.3 is 0 Å². The van der Waals surface area contributed by atoms with Crippen LogP contribution in [0, 0.1) is 11.3 Å². The van der Waals surface area contributed by atoms with Gasteiger partial charge in [-0.3, -0.25) is 0 Å². The third kappa shape index (κ3) is 1.24. The van der Waals surface area contributed by atoms with E-state index in [4.69, 9.17) is 5.26 Å². The molecule has 0 saturated carbocycles. The fraction of sp³-hybridized carbons (Fsp3) is 0. The van der Waals surface area contributed by atoms with Gasteiger partial charge in [-0.25, -0.2) is 9.97 Å². The van der Waals surface area contributed by atoms with Gasteiger partial charge >= 0.3 is 0 Å². The van der Waals surface area contributed by atoms with Crippen LogP contribution < -0.4 is 0 Å². The summed E-state index contributed by atoms with van der Waals surface area (Å²) < 4.78 is 0.542. The van der Waals surface area contributed by atoms with Crippen molar-refractivity contribution in [1.29, 1.82) is 5.26 Å². The van der Waals surface area contributed by atoms with Crippen molar-refractivity contribution in [2.45, 2.75) is 0 Å².